The van der Waals surface area contributed by atoms with Crippen molar-refractivity contribution in [2.75, 3.05) is 24.5 Å². The van der Waals surface area contributed by atoms with Crippen LogP contribution in [-0.4, -0.2) is 29.6 Å². The van der Waals surface area contributed by atoms with Crippen LogP contribution < -0.4 is 10.6 Å². The fourth-order valence-electron chi connectivity index (χ4n) is 2.82. The lowest BCUT2D eigenvalue weighted by atomic mass is 9.81. The number of aromatic nitrogens is 2. The van der Waals surface area contributed by atoms with Crippen molar-refractivity contribution in [3.63, 3.8) is 0 Å². The van der Waals surface area contributed by atoms with E-state index in [4.69, 9.17) is 5.73 Å². The smallest absolute Gasteiger partial charge is 0.225 e. The second-order valence-electron chi connectivity index (χ2n) is 5.61. The lowest BCUT2D eigenvalue weighted by molar-refractivity contribution is 0.408. The average Bonchev–Trinajstić information content (AvgIpc) is 2.38. The molecule has 98 valence electrons. The zero-order chi connectivity index (χ0) is 12.4. The van der Waals surface area contributed by atoms with Crippen LogP contribution in [0.25, 0.3) is 0 Å². The predicted octanol–water partition coefficient (Wildman–Crippen LogP) is 1.92. The Morgan fingerprint density at radius 2 is 1.78 bits per heavy atom. The first-order chi connectivity index (χ1) is 8.86. The van der Waals surface area contributed by atoms with E-state index >= 15 is 0 Å². The Hall–Kier alpha value is -1.16. The molecule has 1 aromatic rings. The third-order valence-electron chi connectivity index (χ3n) is 4.47. The Balaban J connectivity index is 1.62. The van der Waals surface area contributed by atoms with Crippen LogP contribution in [0.2, 0.25) is 0 Å². The van der Waals surface area contributed by atoms with Crippen molar-refractivity contribution in [3.8, 4) is 0 Å². The van der Waals surface area contributed by atoms with Crippen LogP contribution in [0.3, 0.4) is 0 Å². The molecule has 1 aromatic heterocycles. The van der Waals surface area contributed by atoms with Gasteiger partial charge in [-0.1, -0.05) is 6.42 Å². The lowest BCUT2D eigenvalue weighted by Crippen LogP contribution is -2.37. The molecule has 1 saturated heterocycles. The van der Waals surface area contributed by atoms with Gasteiger partial charge in [0.1, 0.15) is 0 Å². The Kier molecular flexibility index (Phi) is 3.46. The van der Waals surface area contributed by atoms with Gasteiger partial charge in [-0.15, -0.1) is 0 Å². The summed E-state index contributed by atoms with van der Waals surface area (Å²) < 4.78 is 0. The van der Waals surface area contributed by atoms with Gasteiger partial charge in [0.25, 0.3) is 0 Å². The molecule has 1 aliphatic heterocycles. The van der Waals surface area contributed by atoms with Gasteiger partial charge in [0.2, 0.25) is 5.95 Å². The van der Waals surface area contributed by atoms with Crippen molar-refractivity contribution in [2.45, 2.75) is 38.0 Å². The molecule has 0 amide bonds. The maximum atomic E-state index is 5.71. The second kappa shape index (κ2) is 5.22. The van der Waals surface area contributed by atoms with Crippen molar-refractivity contribution in [2.24, 2.45) is 11.7 Å². The van der Waals surface area contributed by atoms with E-state index in [0.717, 1.165) is 31.5 Å². The van der Waals surface area contributed by atoms with Crippen LogP contribution in [0.1, 0.15) is 43.6 Å². The van der Waals surface area contributed by atoms with Crippen LogP contribution in [0.4, 0.5) is 5.95 Å². The Morgan fingerprint density at radius 3 is 2.28 bits per heavy atom. The number of anilines is 1. The van der Waals surface area contributed by atoms with E-state index < -0.39 is 0 Å². The molecule has 4 nitrogen and oxygen atoms in total. The van der Waals surface area contributed by atoms with Crippen molar-refractivity contribution in [1.82, 2.24) is 9.97 Å². The summed E-state index contributed by atoms with van der Waals surface area (Å²) in [6.07, 6.45) is 10.4. The topological polar surface area (TPSA) is 55.0 Å². The fourth-order valence-corrected chi connectivity index (χ4v) is 2.82. The van der Waals surface area contributed by atoms with Crippen molar-refractivity contribution >= 4 is 5.95 Å². The van der Waals surface area contributed by atoms with Crippen LogP contribution in [0, 0.1) is 5.92 Å². The summed E-state index contributed by atoms with van der Waals surface area (Å²) in [6.45, 7) is 2.91. The average molecular weight is 246 g/mol. The lowest BCUT2D eigenvalue weighted by Gasteiger charge is -2.31. The number of nitrogens with zero attached hydrogens (tertiary/aromatic N) is 3. The van der Waals surface area contributed by atoms with E-state index in [9.17, 15) is 0 Å². The Bertz CT molecular complexity index is 377. The van der Waals surface area contributed by atoms with Crippen molar-refractivity contribution < 1.29 is 0 Å². The Morgan fingerprint density at radius 1 is 1.11 bits per heavy atom. The molecule has 0 bridgehead atoms. The summed E-state index contributed by atoms with van der Waals surface area (Å²) in [4.78, 5) is 11.4. The van der Waals surface area contributed by atoms with Crippen molar-refractivity contribution in [3.05, 3.63) is 18.0 Å². The van der Waals surface area contributed by atoms with Gasteiger partial charge in [-0.2, -0.15) is 0 Å². The van der Waals surface area contributed by atoms with Gasteiger partial charge in [0.05, 0.1) is 0 Å². The molecule has 0 radical (unpaired) electrons. The van der Waals surface area contributed by atoms with E-state index in [0.29, 0.717) is 5.92 Å². The van der Waals surface area contributed by atoms with E-state index in [-0.39, 0.29) is 0 Å². The molecule has 2 heterocycles. The van der Waals surface area contributed by atoms with E-state index in [1.54, 1.807) is 0 Å². The maximum Gasteiger partial charge on any atom is 0.225 e. The molecule has 3 rings (SSSR count). The SMILES string of the molecule is NCC1CCN(c2ncc(C3CCC3)cn2)CC1. The highest BCUT2D eigenvalue weighted by Gasteiger charge is 2.22. The number of nitrogens with two attached hydrogens (primary N) is 1. The monoisotopic (exact) mass is 246 g/mol. The molecular weight excluding hydrogens is 224 g/mol. The molecule has 18 heavy (non-hydrogen) atoms. The van der Waals surface area contributed by atoms with E-state index in [2.05, 4.69) is 14.9 Å². The largest absolute Gasteiger partial charge is 0.341 e. The van der Waals surface area contributed by atoms with Gasteiger partial charge in [0, 0.05) is 25.5 Å². The zero-order valence-electron chi connectivity index (χ0n) is 10.9. The third kappa shape index (κ3) is 2.34. The van der Waals surface area contributed by atoms with Gasteiger partial charge in [-0.3, -0.25) is 0 Å². The van der Waals surface area contributed by atoms with Gasteiger partial charge < -0.3 is 10.6 Å². The molecule has 4 heteroatoms. The zero-order valence-corrected chi connectivity index (χ0v) is 10.9. The quantitative estimate of drug-likeness (QED) is 0.885. The van der Waals surface area contributed by atoms with Gasteiger partial charge in [0.15, 0.2) is 0 Å². The summed E-state index contributed by atoms with van der Waals surface area (Å²) in [5.41, 5.74) is 7.03. The normalized spacial score (nSPS) is 21.9. The summed E-state index contributed by atoms with van der Waals surface area (Å²) in [5.74, 6) is 2.31. The molecule has 2 fully saturated rings. The first-order valence-corrected chi connectivity index (χ1v) is 7.14. The predicted molar refractivity (Wildman–Crippen MR) is 72.6 cm³/mol. The maximum absolute atomic E-state index is 5.71. The summed E-state index contributed by atoms with van der Waals surface area (Å²) in [6, 6.07) is 0. The molecule has 0 unspecified atom stereocenters. The summed E-state index contributed by atoms with van der Waals surface area (Å²) in [5, 5.41) is 0. The highest BCUT2D eigenvalue weighted by atomic mass is 15.2. The van der Waals surface area contributed by atoms with Gasteiger partial charge >= 0.3 is 0 Å². The standard InChI is InChI=1S/C14H22N4/c15-8-11-4-6-18(7-5-11)14-16-9-13(10-17-14)12-2-1-3-12/h9-12H,1-8,15H2. The molecule has 0 spiro atoms. The Labute approximate surface area is 109 Å². The number of piperidine rings is 1. The van der Waals surface area contributed by atoms with Crippen LogP contribution in [0.15, 0.2) is 12.4 Å². The number of hydrogen-bond acceptors (Lipinski definition) is 4. The summed E-state index contributed by atoms with van der Waals surface area (Å²) in [7, 11) is 0. The fraction of sp³-hybridized carbons (Fsp3) is 0.714. The number of rotatable bonds is 3. The van der Waals surface area contributed by atoms with Gasteiger partial charge in [-0.05, 0) is 49.6 Å². The second-order valence-corrected chi connectivity index (χ2v) is 5.61. The third-order valence-corrected chi connectivity index (χ3v) is 4.47. The molecule has 2 aliphatic rings. The van der Waals surface area contributed by atoms with Gasteiger partial charge in [-0.25, -0.2) is 9.97 Å². The highest BCUT2D eigenvalue weighted by molar-refractivity contribution is 5.31. The highest BCUT2D eigenvalue weighted by Crippen LogP contribution is 2.35. The minimum atomic E-state index is 0.690. The molecule has 0 aromatic carbocycles. The molecule has 1 saturated carbocycles. The van der Waals surface area contributed by atoms with Crippen molar-refractivity contribution in [1.29, 1.82) is 0 Å². The molecule has 1 aliphatic carbocycles. The van der Waals surface area contributed by atoms with Crippen LogP contribution >= 0.6 is 0 Å². The summed E-state index contributed by atoms with van der Waals surface area (Å²) >= 11 is 0. The first kappa shape index (κ1) is 11.9. The minimum Gasteiger partial charge on any atom is -0.341 e. The number of hydrogen-bond donors (Lipinski definition) is 1. The van der Waals surface area contributed by atoms with E-state index in [1.807, 2.05) is 12.4 Å². The molecule has 2 N–H and O–H groups in total. The van der Waals surface area contributed by atoms with E-state index in [1.165, 1.54) is 37.7 Å². The molecule has 0 atom stereocenters. The minimum absolute atomic E-state index is 0.690. The van der Waals surface area contributed by atoms with Crippen LogP contribution in [-0.2, 0) is 0 Å². The van der Waals surface area contributed by atoms with Crippen LogP contribution in [0.5, 0.6) is 0 Å². The molecular formula is C14H22N4. The first-order valence-electron chi connectivity index (χ1n) is 7.14.